The molecule has 0 radical (unpaired) electrons. The van der Waals surface area contributed by atoms with Gasteiger partial charge in [-0.3, -0.25) is 9.69 Å². The van der Waals surface area contributed by atoms with Gasteiger partial charge in [-0.2, -0.15) is 0 Å². The number of nitrogens with one attached hydrogen (secondary N) is 1. The van der Waals surface area contributed by atoms with Crippen molar-refractivity contribution in [2.24, 2.45) is 0 Å². The summed E-state index contributed by atoms with van der Waals surface area (Å²) in [6.45, 7) is 5.95. The molecule has 0 aliphatic carbocycles. The Morgan fingerprint density at radius 1 is 1.15 bits per heavy atom. The van der Waals surface area contributed by atoms with Crippen LogP contribution in [-0.2, 0) is 6.54 Å². The number of para-hydroxylation sites is 1. The van der Waals surface area contributed by atoms with Gasteiger partial charge in [0.25, 0.3) is 5.56 Å². The first-order valence-corrected chi connectivity index (χ1v) is 12.1. The Hall–Kier alpha value is -3.00. The standard InChI is InChI=1S/C26H29N3O3S/c1-3-13-29(14-20(30)16-32-22-12-8-7-9-18(22)2)15-23-27-25(31)24-21(17-33-26(24)28-23)19-10-5-4-6-11-19/h4-12,17,20,30H,3,13-16H2,1-2H3,(H,27,28,31). The van der Waals surface area contributed by atoms with Crippen molar-refractivity contribution in [1.29, 1.82) is 0 Å². The maximum atomic E-state index is 12.9. The first kappa shape index (κ1) is 23.2. The molecule has 1 atom stereocenters. The van der Waals surface area contributed by atoms with Crippen LogP contribution in [0.1, 0.15) is 24.7 Å². The number of H-pyrrole nitrogens is 1. The maximum absolute atomic E-state index is 12.9. The van der Waals surface area contributed by atoms with Crippen LogP contribution in [0.4, 0.5) is 0 Å². The number of nitrogens with zero attached hydrogens (tertiary/aromatic N) is 2. The number of aliphatic hydroxyl groups excluding tert-OH is 1. The van der Waals surface area contributed by atoms with E-state index in [-0.39, 0.29) is 12.2 Å². The van der Waals surface area contributed by atoms with Crippen molar-refractivity contribution in [1.82, 2.24) is 14.9 Å². The van der Waals surface area contributed by atoms with Gasteiger partial charge in [-0.25, -0.2) is 4.98 Å². The average molecular weight is 464 g/mol. The van der Waals surface area contributed by atoms with E-state index < -0.39 is 6.10 Å². The van der Waals surface area contributed by atoms with E-state index in [1.54, 1.807) is 0 Å². The molecule has 172 valence electrons. The van der Waals surface area contributed by atoms with Crippen LogP contribution in [0.15, 0.2) is 64.8 Å². The van der Waals surface area contributed by atoms with Gasteiger partial charge in [0, 0.05) is 17.5 Å². The molecular weight excluding hydrogens is 434 g/mol. The summed E-state index contributed by atoms with van der Waals surface area (Å²) in [5, 5.41) is 13.2. The third-order valence-corrected chi connectivity index (χ3v) is 6.36. The molecule has 0 fully saturated rings. The fourth-order valence-corrected chi connectivity index (χ4v) is 4.88. The molecule has 7 heteroatoms. The highest BCUT2D eigenvalue weighted by atomic mass is 32.1. The number of rotatable bonds is 10. The fraction of sp³-hybridized carbons (Fsp3) is 0.308. The average Bonchev–Trinajstić information content (AvgIpc) is 3.24. The molecule has 2 heterocycles. The predicted molar refractivity (Wildman–Crippen MR) is 134 cm³/mol. The van der Waals surface area contributed by atoms with Crippen LogP contribution in [0.3, 0.4) is 0 Å². The topological polar surface area (TPSA) is 78.5 Å². The zero-order chi connectivity index (χ0) is 23.2. The van der Waals surface area contributed by atoms with Crippen LogP contribution >= 0.6 is 11.3 Å². The second-order valence-corrected chi connectivity index (χ2v) is 9.03. The summed E-state index contributed by atoms with van der Waals surface area (Å²) in [4.78, 5) is 23.4. The van der Waals surface area contributed by atoms with Crippen molar-refractivity contribution in [3.8, 4) is 16.9 Å². The molecule has 1 unspecified atom stereocenters. The SMILES string of the molecule is CCCN(Cc1nc2scc(-c3ccccc3)c2c(=O)[nH]1)CC(O)COc1ccccc1C. The molecule has 2 N–H and O–H groups in total. The number of benzene rings is 2. The van der Waals surface area contributed by atoms with Crippen molar-refractivity contribution in [3.05, 3.63) is 81.7 Å². The van der Waals surface area contributed by atoms with E-state index in [1.165, 1.54) is 11.3 Å². The second kappa shape index (κ2) is 10.7. The number of aliphatic hydroxyl groups is 1. The van der Waals surface area contributed by atoms with Gasteiger partial charge in [-0.05, 0) is 37.1 Å². The third kappa shape index (κ3) is 5.68. The Balaban J connectivity index is 1.46. The summed E-state index contributed by atoms with van der Waals surface area (Å²) in [5.74, 6) is 1.39. The Labute approximate surface area is 197 Å². The van der Waals surface area contributed by atoms with Gasteiger partial charge in [0.1, 0.15) is 29.1 Å². The van der Waals surface area contributed by atoms with Crippen molar-refractivity contribution < 1.29 is 9.84 Å². The molecule has 0 bridgehead atoms. The molecule has 0 amide bonds. The van der Waals surface area contributed by atoms with Crippen LogP contribution in [0.25, 0.3) is 21.3 Å². The van der Waals surface area contributed by atoms with E-state index in [9.17, 15) is 9.90 Å². The molecule has 0 spiro atoms. The molecule has 2 aromatic carbocycles. The summed E-state index contributed by atoms with van der Waals surface area (Å²) in [5.41, 5.74) is 2.82. The lowest BCUT2D eigenvalue weighted by molar-refractivity contribution is 0.0645. The monoisotopic (exact) mass is 463 g/mol. The molecule has 0 aliphatic rings. The summed E-state index contributed by atoms with van der Waals surface area (Å²) in [6.07, 6.45) is 0.271. The zero-order valence-corrected chi connectivity index (χ0v) is 19.8. The van der Waals surface area contributed by atoms with Crippen molar-refractivity contribution in [2.45, 2.75) is 32.9 Å². The number of hydrogen-bond acceptors (Lipinski definition) is 6. The van der Waals surface area contributed by atoms with E-state index >= 15 is 0 Å². The molecule has 0 saturated heterocycles. The number of aryl methyl sites for hydroxylation is 1. The van der Waals surface area contributed by atoms with Crippen LogP contribution < -0.4 is 10.3 Å². The lowest BCUT2D eigenvalue weighted by Gasteiger charge is -2.24. The highest BCUT2D eigenvalue weighted by molar-refractivity contribution is 7.17. The largest absolute Gasteiger partial charge is 0.491 e. The summed E-state index contributed by atoms with van der Waals surface area (Å²) in [7, 11) is 0. The smallest absolute Gasteiger partial charge is 0.260 e. The number of aromatic amines is 1. The summed E-state index contributed by atoms with van der Waals surface area (Å²) < 4.78 is 5.80. The van der Waals surface area contributed by atoms with Gasteiger partial charge < -0.3 is 14.8 Å². The molecule has 6 nitrogen and oxygen atoms in total. The molecule has 0 saturated carbocycles. The Morgan fingerprint density at radius 3 is 2.67 bits per heavy atom. The number of hydrogen-bond donors (Lipinski definition) is 2. The molecule has 4 aromatic rings. The van der Waals surface area contributed by atoms with E-state index in [4.69, 9.17) is 9.72 Å². The summed E-state index contributed by atoms with van der Waals surface area (Å²) >= 11 is 1.48. The predicted octanol–water partition coefficient (Wildman–Crippen LogP) is 4.61. The highest BCUT2D eigenvalue weighted by Gasteiger charge is 2.17. The van der Waals surface area contributed by atoms with Gasteiger partial charge in [0.05, 0.1) is 11.9 Å². The fourth-order valence-electron chi connectivity index (χ4n) is 3.92. The van der Waals surface area contributed by atoms with E-state index in [0.29, 0.717) is 24.3 Å². The van der Waals surface area contributed by atoms with Crippen LogP contribution in [0, 0.1) is 6.92 Å². The van der Waals surface area contributed by atoms with Gasteiger partial charge in [0.2, 0.25) is 0 Å². The van der Waals surface area contributed by atoms with E-state index in [2.05, 4.69) is 16.8 Å². The molecule has 2 aromatic heterocycles. The third-order valence-electron chi connectivity index (χ3n) is 5.48. The summed E-state index contributed by atoms with van der Waals surface area (Å²) in [6, 6.07) is 17.7. The van der Waals surface area contributed by atoms with Crippen molar-refractivity contribution in [2.75, 3.05) is 19.7 Å². The Morgan fingerprint density at radius 2 is 1.91 bits per heavy atom. The number of thiophene rings is 1. The van der Waals surface area contributed by atoms with Gasteiger partial charge in [-0.15, -0.1) is 11.3 Å². The van der Waals surface area contributed by atoms with Gasteiger partial charge in [-0.1, -0.05) is 55.5 Å². The lowest BCUT2D eigenvalue weighted by Crippen LogP contribution is -2.36. The van der Waals surface area contributed by atoms with Gasteiger partial charge >= 0.3 is 0 Å². The van der Waals surface area contributed by atoms with Gasteiger partial charge in [0.15, 0.2) is 0 Å². The molecule has 0 aliphatic heterocycles. The maximum Gasteiger partial charge on any atom is 0.260 e. The molecule has 33 heavy (non-hydrogen) atoms. The number of ether oxygens (including phenoxy) is 1. The second-order valence-electron chi connectivity index (χ2n) is 8.17. The minimum absolute atomic E-state index is 0.130. The quantitative estimate of drug-likeness (QED) is 0.359. The Kier molecular flexibility index (Phi) is 7.54. The van der Waals surface area contributed by atoms with E-state index in [1.807, 2.05) is 66.9 Å². The number of aromatic nitrogens is 2. The van der Waals surface area contributed by atoms with Crippen LogP contribution in [-0.4, -0.2) is 45.8 Å². The number of fused-ring (bicyclic) bond motifs is 1. The van der Waals surface area contributed by atoms with E-state index in [0.717, 1.165) is 40.2 Å². The lowest BCUT2D eigenvalue weighted by atomic mass is 10.1. The Bertz CT molecular complexity index is 1250. The molecule has 4 rings (SSSR count). The molecular formula is C26H29N3O3S. The normalized spacial score (nSPS) is 12.4. The van der Waals surface area contributed by atoms with Crippen molar-refractivity contribution in [3.63, 3.8) is 0 Å². The minimum Gasteiger partial charge on any atom is -0.491 e. The highest BCUT2D eigenvalue weighted by Crippen LogP contribution is 2.30. The van der Waals surface area contributed by atoms with Crippen LogP contribution in [0.5, 0.6) is 5.75 Å². The first-order chi connectivity index (χ1) is 16.0. The minimum atomic E-state index is -0.655. The first-order valence-electron chi connectivity index (χ1n) is 11.2. The zero-order valence-electron chi connectivity index (χ0n) is 19.0. The van der Waals surface area contributed by atoms with Crippen LogP contribution in [0.2, 0.25) is 0 Å². The van der Waals surface area contributed by atoms with Crippen molar-refractivity contribution >= 4 is 21.6 Å².